The van der Waals surface area contributed by atoms with Crippen molar-refractivity contribution in [3.8, 4) is 5.75 Å². The van der Waals surface area contributed by atoms with Crippen LogP contribution in [0.2, 0.25) is 0 Å². The van der Waals surface area contributed by atoms with E-state index in [1.165, 1.54) is 18.2 Å². The summed E-state index contributed by atoms with van der Waals surface area (Å²) in [6.07, 6.45) is -5.67. The highest BCUT2D eigenvalue weighted by atomic mass is 19.4. The van der Waals surface area contributed by atoms with Gasteiger partial charge >= 0.3 is 6.18 Å². The molecule has 1 N–H and O–H groups in total. The summed E-state index contributed by atoms with van der Waals surface area (Å²) in [6.45, 7) is 3.88. The molecule has 18 heavy (non-hydrogen) atoms. The van der Waals surface area contributed by atoms with Crippen LogP contribution in [0.3, 0.4) is 0 Å². The van der Waals surface area contributed by atoms with Crippen LogP contribution in [0.25, 0.3) is 0 Å². The average Bonchev–Trinajstić information content (AvgIpc) is 2.25. The molecule has 0 aliphatic carbocycles. The number of alkyl halides is 3. The summed E-state index contributed by atoms with van der Waals surface area (Å²) in [5, 5.41) is 9.20. The molecule has 2 rings (SSSR count). The van der Waals surface area contributed by atoms with E-state index in [9.17, 15) is 18.3 Å². The molecule has 0 fully saturated rings. The van der Waals surface area contributed by atoms with E-state index in [4.69, 9.17) is 4.74 Å². The van der Waals surface area contributed by atoms with Crippen molar-refractivity contribution in [1.29, 1.82) is 0 Å². The minimum Gasteiger partial charge on any atom is -0.488 e. The molecule has 0 bridgehead atoms. The molecule has 5 heteroatoms. The Kier molecular flexibility index (Phi) is 3.05. The van der Waals surface area contributed by atoms with Crippen LogP contribution in [-0.4, -0.2) is 16.9 Å². The Morgan fingerprint density at radius 1 is 1.33 bits per heavy atom. The van der Waals surface area contributed by atoms with E-state index >= 15 is 0 Å². The van der Waals surface area contributed by atoms with E-state index in [-0.39, 0.29) is 11.2 Å². The van der Waals surface area contributed by atoms with Gasteiger partial charge in [-0.05, 0) is 49.9 Å². The summed E-state index contributed by atoms with van der Waals surface area (Å²) >= 11 is 0. The van der Waals surface area contributed by atoms with Gasteiger partial charge in [0.05, 0.1) is 0 Å². The van der Waals surface area contributed by atoms with Crippen LogP contribution in [0.4, 0.5) is 13.2 Å². The SMILES string of the molecule is CC1(C)CCc2cc([C@H](O)C(F)(F)F)ccc2O1. The lowest BCUT2D eigenvalue weighted by atomic mass is 9.92. The van der Waals surface area contributed by atoms with Gasteiger partial charge in [0.1, 0.15) is 11.4 Å². The number of aryl methyl sites for hydroxylation is 1. The minimum absolute atomic E-state index is 0.135. The molecule has 0 radical (unpaired) electrons. The van der Waals surface area contributed by atoms with Crippen molar-refractivity contribution in [2.75, 3.05) is 0 Å². The van der Waals surface area contributed by atoms with Gasteiger partial charge in [-0.1, -0.05) is 6.07 Å². The van der Waals surface area contributed by atoms with Crippen molar-refractivity contribution >= 4 is 0 Å². The van der Waals surface area contributed by atoms with Gasteiger partial charge in [-0.15, -0.1) is 0 Å². The van der Waals surface area contributed by atoms with E-state index in [1.807, 2.05) is 13.8 Å². The predicted molar refractivity (Wildman–Crippen MR) is 60.5 cm³/mol. The van der Waals surface area contributed by atoms with Crippen molar-refractivity contribution in [3.63, 3.8) is 0 Å². The summed E-state index contributed by atoms with van der Waals surface area (Å²) in [7, 11) is 0. The number of aliphatic hydroxyl groups excluding tert-OH is 1. The van der Waals surface area contributed by atoms with Crippen molar-refractivity contribution in [3.05, 3.63) is 29.3 Å². The van der Waals surface area contributed by atoms with Crippen molar-refractivity contribution < 1.29 is 23.0 Å². The number of aliphatic hydroxyl groups is 1. The second-order valence-corrected chi connectivity index (χ2v) is 5.17. The van der Waals surface area contributed by atoms with Crippen LogP contribution in [0.5, 0.6) is 5.75 Å². The van der Waals surface area contributed by atoms with E-state index in [2.05, 4.69) is 0 Å². The fourth-order valence-electron chi connectivity index (χ4n) is 2.04. The Morgan fingerprint density at radius 2 is 2.00 bits per heavy atom. The zero-order valence-electron chi connectivity index (χ0n) is 10.2. The van der Waals surface area contributed by atoms with Crippen LogP contribution in [-0.2, 0) is 6.42 Å². The first-order valence-corrected chi connectivity index (χ1v) is 5.76. The molecule has 0 unspecified atom stereocenters. The van der Waals surface area contributed by atoms with Crippen molar-refractivity contribution in [1.82, 2.24) is 0 Å². The number of halogens is 3. The fraction of sp³-hybridized carbons (Fsp3) is 0.538. The Bertz CT molecular complexity index is 452. The van der Waals surface area contributed by atoms with Gasteiger partial charge in [-0.3, -0.25) is 0 Å². The summed E-state index contributed by atoms with van der Waals surface area (Å²) in [6, 6.07) is 4.14. The zero-order valence-corrected chi connectivity index (χ0v) is 10.2. The third-order valence-corrected chi connectivity index (χ3v) is 3.09. The number of rotatable bonds is 1. The fourth-order valence-corrected chi connectivity index (χ4v) is 2.04. The molecule has 0 saturated heterocycles. The highest BCUT2D eigenvalue weighted by Gasteiger charge is 2.40. The second-order valence-electron chi connectivity index (χ2n) is 5.17. The lowest BCUT2D eigenvalue weighted by molar-refractivity contribution is -0.206. The van der Waals surface area contributed by atoms with Crippen LogP contribution in [0.15, 0.2) is 18.2 Å². The molecule has 0 aromatic heterocycles. The Morgan fingerprint density at radius 3 is 2.61 bits per heavy atom. The Balaban J connectivity index is 2.29. The lowest BCUT2D eigenvalue weighted by Crippen LogP contribution is -2.32. The van der Waals surface area contributed by atoms with E-state index in [1.54, 1.807) is 0 Å². The van der Waals surface area contributed by atoms with E-state index in [0.29, 0.717) is 12.2 Å². The van der Waals surface area contributed by atoms with Gasteiger partial charge in [-0.2, -0.15) is 13.2 Å². The molecular weight excluding hydrogens is 245 g/mol. The van der Waals surface area contributed by atoms with E-state index in [0.717, 1.165) is 12.0 Å². The minimum atomic E-state index is -4.64. The van der Waals surface area contributed by atoms with Gasteiger partial charge in [-0.25, -0.2) is 0 Å². The van der Waals surface area contributed by atoms with Gasteiger partial charge in [0.2, 0.25) is 0 Å². The van der Waals surface area contributed by atoms with Gasteiger partial charge in [0.25, 0.3) is 0 Å². The maximum Gasteiger partial charge on any atom is 0.418 e. The molecule has 1 atom stereocenters. The molecule has 1 aromatic rings. The monoisotopic (exact) mass is 260 g/mol. The van der Waals surface area contributed by atoms with Crippen LogP contribution < -0.4 is 4.74 Å². The molecule has 0 spiro atoms. The highest BCUT2D eigenvalue weighted by molar-refractivity contribution is 5.40. The summed E-state index contributed by atoms with van der Waals surface area (Å²) < 4.78 is 42.9. The van der Waals surface area contributed by atoms with Gasteiger partial charge in [0, 0.05) is 0 Å². The second kappa shape index (κ2) is 4.16. The Labute approximate surface area is 103 Å². The van der Waals surface area contributed by atoms with Crippen LogP contribution in [0, 0.1) is 0 Å². The largest absolute Gasteiger partial charge is 0.488 e. The quantitative estimate of drug-likeness (QED) is 0.838. The van der Waals surface area contributed by atoms with Crippen molar-refractivity contribution in [2.45, 2.75) is 44.6 Å². The van der Waals surface area contributed by atoms with E-state index < -0.39 is 12.3 Å². The maximum absolute atomic E-state index is 12.4. The average molecular weight is 260 g/mol. The molecule has 0 amide bonds. The highest BCUT2D eigenvalue weighted by Crippen LogP contribution is 2.38. The number of fused-ring (bicyclic) bond motifs is 1. The van der Waals surface area contributed by atoms with Gasteiger partial charge in [0.15, 0.2) is 6.10 Å². The number of benzene rings is 1. The van der Waals surface area contributed by atoms with Crippen LogP contribution in [0.1, 0.15) is 37.5 Å². The predicted octanol–water partition coefficient (Wildman–Crippen LogP) is 3.39. The smallest absolute Gasteiger partial charge is 0.418 e. The molecule has 2 nitrogen and oxygen atoms in total. The summed E-state index contributed by atoms with van der Waals surface area (Å²) in [5.41, 5.74) is 0.289. The number of ether oxygens (including phenoxy) is 1. The third kappa shape index (κ3) is 2.61. The topological polar surface area (TPSA) is 29.5 Å². The number of hydrogen-bond acceptors (Lipinski definition) is 2. The van der Waals surface area contributed by atoms with Gasteiger partial charge < -0.3 is 9.84 Å². The standard InChI is InChI=1S/C13H15F3O2/c1-12(2)6-5-8-7-9(3-4-10(8)18-12)11(17)13(14,15)16/h3-4,7,11,17H,5-6H2,1-2H3/t11-/m0/s1. The normalized spacial score (nSPS) is 19.9. The Hall–Kier alpha value is -1.23. The summed E-state index contributed by atoms with van der Waals surface area (Å²) in [5.74, 6) is 0.601. The molecule has 1 heterocycles. The zero-order chi connectivity index (χ0) is 13.6. The first-order chi connectivity index (χ1) is 8.19. The van der Waals surface area contributed by atoms with Crippen molar-refractivity contribution in [2.24, 2.45) is 0 Å². The molecule has 1 aliphatic heterocycles. The third-order valence-electron chi connectivity index (χ3n) is 3.09. The number of hydrogen-bond donors (Lipinski definition) is 1. The summed E-state index contributed by atoms with van der Waals surface area (Å²) in [4.78, 5) is 0. The molecule has 1 aliphatic rings. The first kappa shape index (κ1) is 13.2. The first-order valence-electron chi connectivity index (χ1n) is 5.76. The molecule has 0 saturated carbocycles. The lowest BCUT2D eigenvalue weighted by Gasteiger charge is -2.33. The molecule has 100 valence electrons. The van der Waals surface area contributed by atoms with Crippen LogP contribution >= 0.6 is 0 Å². The molecule has 1 aromatic carbocycles. The molecular formula is C13H15F3O2. The maximum atomic E-state index is 12.4.